The van der Waals surface area contributed by atoms with Crippen LogP contribution in [0.4, 0.5) is 10.5 Å². The lowest BCUT2D eigenvalue weighted by atomic mass is 10.1. The van der Waals surface area contributed by atoms with Crippen molar-refractivity contribution >= 4 is 40.8 Å². The Morgan fingerprint density at radius 1 is 1.17 bits per heavy atom. The predicted octanol–water partition coefficient (Wildman–Crippen LogP) is 3.92. The first-order valence-corrected chi connectivity index (χ1v) is 10.3. The Bertz CT molecular complexity index is 930. The SMILES string of the molecule is COc1ccc(CNC(=O)c2cc(Cl)ccc2NC(=O)N2CCC(O)CC2)cc1Cl. The van der Waals surface area contributed by atoms with E-state index >= 15 is 0 Å². The van der Waals surface area contributed by atoms with Crippen molar-refractivity contribution in [3.05, 3.63) is 57.6 Å². The summed E-state index contributed by atoms with van der Waals surface area (Å²) in [4.78, 5) is 26.9. The quantitative estimate of drug-likeness (QED) is 0.642. The van der Waals surface area contributed by atoms with Crippen LogP contribution in [0.5, 0.6) is 5.75 Å². The van der Waals surface area contributed by atoms with E-state index in [-0.39, 0.29) is 30.2 Å². The van der Waals surface area contributed by atoms with Gasteiger partial charge in [-0.3, -0.25) is 4.79 Å². The Morgan fingerprint density at radius 3 is 2.57 bits per heavy atom. The van der Waals surface area contributed by atoms with Crippen LogP contribution in [0.1, 0.15) is 28.8 Å². The van der Waals surface area contributed by atoms with Crippen LogP contribution in [0.25, 0.3) is 0 Å². The molecule has 30 heavy (non-hydrogen) atoms. The second-order valence-electron chi connectivity index (χ2n) is 6.99. The summed E-state index contributed by atoms with van der Waals surface area (Å²) in [6.07, 6.45) is 0.690. The number of anilines is 1. The molecule has 160 valence electrons. The number of nitrogens with one attached hydrogen (secondary N) is 2. The van der Waals surface area contributed by atoms with Crippen LogP contribution in [-0.2, 0) is 6.54 Å². The number of methoxy groups -OCH3 is 1. The van der Waals surface area contributed by atoms with Gasteiger partial charge < -0.3 is 25.4 Å². The van der Waals surface area contributed by atoms with E-state index in [1.807, 2.05) is 0 Å². The first-order valence-electron chi connectivity index (χ1n) is 9.51. The number of carbonyl (C=O) groups excluding carboxylic acids is 2. The third-order valence-electron chi connectivity index (χ3n) is 4.89. The molecule has 0 aromatic heterocycles. The Labute approximate surface area is 184 Å². The van der Waals surface area contributed by atoms with Crippen LogP contribution in [-0.4, -0.2) is 48.2 Å². The highest BCUT2D eigenvalue weighted by Gasteiger charge is 2.23. The fourth-order valence-corrected chi connectivity index (χ4v) is 3.63. The molecule has 0 atom stereocenters. The molecule has 0 aliphatic carbocycles. The van der Waals surface area contributed by atoms with Crippen molar-refractivity contribution in [3.63, 3.8) is 0 Å². The van der Waals surface area contributed by atoms with Gasteiger partial charge in [-0.25, -0.2) is 4.79 Å². The minimum atomic E-state index is -0.381. The van der Waals surface area contributed by atoms with E-state index in [1.54, 1.807) is 35.2 Å². The standard InChI is InChI=1S/C21H23Cl2N3O4/c1-30-19-5-2-13(10-17(19)23)12-24-20(28)16-11-14(22)3-4-18(16)25-21(29)26-8-6-15(27)7-9-26/h2-5,10-11,15,27H,6-9,12H2,1H3,(H,24,28)(H,25,29). The molecule has 1 fully saturated rings. The molecule has 0 spiro atoms. The number of urea groups is 1. The van der Waals surface area contributed by atoms with Crippen LogP contribution >= 0.6 is 23.2 Å². The molecule has 0 radical (unpaired) electrons. The summed E-state index contributed by atoms with van der Waals surface area (Å²) in [6.45, 7) is 1.16. The molecule has 0 saturated carbocycles. The topological polar surface area (TPSA) is 90.9 Å². The molecular weight excluding hydrogens is 429 g/mol. The maximum Gasteiger partial charge on any atom is 0.321 e. The third kappa shape index (κ3) is 5.56. The lowest BCUT2D eigenvalue weighted by molar-refractivity contribution is 0.0951. The smallest absolute Gasteiger partial charge is 0.321 e. The predicted molar refractivity (Wildman–Crippen MR) is 116 cm³/mol. The van der Waals surface area contributed by atoms with Crippen molar-refractivity contribution in [3.8, 4) is 5.75 Å². The fraction of sp³-hybridized carbons (Fsp3) is 0.333. The highest BCUT2D eigenvalue weighted by Crippen LogP contribution is 2.25. The van der Waals surface area contributed by atoms with Gasteiger partial charge in [0.25, 0.3) is 5.91 Å². The molecule has 7 nitrogen and oxygen atoms in total. The van der Waals surface area contributed by atoms with Crippen molar-refractivity contribution in [2.24, 2.45) is 0 Å². The van der Waals surface area contributed by atoms with Gasteiger partial charge in [0.15, 0.2) is 0 Å². The lowest BCUT2D eigenvalue weighted by Gasteiger charge is -2.29. The summed E-state index contributed by atoms with van der Waals surface area (Å²) in [5, 5.41) is 16.0. The maximum absolute atomic E-state index is 12.8. The van der Waals surface area contributed by atoms with Gasteiger partial charge >= 0.3 is 6.03 Å². The van der Waals surface area contributed by atoms with Gasteiger partial charge in [-0.1, -0.05) is 29.3 Å². The Morgan fingerprint density at radius 2 is 1.90 bits per heavy atom. The van der Waals surface area contributed by atoms with E-state index in [0.29, 0.717) is 47.4 Å². The number of aliphatic hydroxyl groups excluding tert-OH is 1. The number of rotatable bonds is 5. The highest BCUT2D eigenvalue weighted by molar-refractivity contribution is 6.32. The van der Waals surface area contributed by atoms with Crippen molar-refractivity contribution in [2.45, 2.75) is 25.5 Å². The molecule has 0 bridgehead atoms. The number of likely N-dealkylation sites (tertiary alicyclic amines) is 1. The molecule has 1 aliphatic rings. The number of nitrogens with zero attached hydrogens (tertiary/aromatic N) is 1. The molecular formula is C21H23Cl2N3O4. The van der Waals surface area contributed by atoms with Crippen LogP contribution < -0.4 is 15.4 Å². The Hall–Kier alpha value is -2.48. The van der Waals surface area contributed by atoms with Gasteiger partial charge in [0.1, 0.15) is 5.75 Å². The number of piperidine rings is 1. The third-order valence-corrected chi connectivity index (χ3v) is 5.42. The maximum atomic E-state index is 12.8. The molecule has 1 heterocycles. The number of benzene rings is 2. The lowest BCUT2D eigenvalue weighted by Crippen LogP contribution is -2.42. The summed E-state index contributed by atoms with van der Waals surface area (Å²) < 4.78 is 5.12. The van der Waals surface area contributed by atoms with E-state index in [1.165, 1.54) is 13.2 Å². The number of hydrogen-bond acceptors (Lipinski definition) is 4. The Balaban J connectivity index is 1.68. The second-order valence-corrected chi connectivity index (χ2v) is 7.83. The molecule has 2 aromatic carbocycles. The van der Waals surface area contributed by atoms with Crippen LogP contribution in [0.3, 0.4) is 0 Å². The van der Waals surface area contributed by atoms with Gasteiger partial charge in [-0.2, -0.15) is 0 Å². The van der Waals surface area contributed by atoms with Crippen molar-refractivity contribution < 1.29 is 19.4 Å². The summed E-state index contributed by atoms with van der Waals surface area (Å²) in [6, 6.07) is 9.63. The molecule has 3 amide bonds. The van der Waals surface area contributed by atoms with E-state index in [2.05, 4.69) is 10.6 Å². The zero-order valence-corrected chi connectivity index (χ0v) is 18.0. The van der Waals surface area contributed by atoms with Crippen molar-refractivity contribution in [1.82, 2.24) is 10.2 Å². The molecule has 2 aromatic rings. The van der Waals surface area contributed by atoms with Gasteiger partial charge in [0.2, 0.25) is 0 Å². The highest BCUT2D eigenvalue weighted by atomic mass is 35.5. The number of aliphatic hydroxyl groups is 1. The molecule has 3 N–H and O–H groups in total. The molecule has 3 rings (SSSR count). The molecule has 1 aliphatic heterocycles. The van der Waals surface area contributed by atoms with Crippen LogP contribution in [0.2, 0.25) is 10.0 Å². The number of ether oxygens (including phenoxy) is 1. The number of carbonyl (C=O) groups is 2. The number of amides is 3. The zero-order chi connectivity index (χ0) is 21.7. The normalized spacial score (nSPS) is 14.3. The summed E-state index contributed by atoms with van der Waals surface area (Å²) in [5.41, 5.74) is 1.42. The largest absolute Gasteiger partial charge is 0.495 e. The van der Waals surface area contributed by atoms with E-state index < -0.39 is 0 Å². The molecule has 1 saturated heterocycles. The molecule has 9 heteroatoms. The fourth-order valence-electron chi connectivity index (χ4n) is 3.17. The van der Waals surface area contributed by atoms with E-state index in [4.69, 9.17) is 27.9 Å². The minimum Gasteiger partial charge on any atom is -0.495 e. The van der Waals surface area contributed by atoms with E-state index in [9.17, 15) is 14.7 Å². The first kappa shape index (κ1) is 22.2. The number of halogens is 2. The summed E-state index contributed by atoms with van der Waals surface area (Å²) in [5.74, 6) is 0.172. The summed E-state index contributed by atoms with van der Waals surface area (Å²) in [7, 11) is 1.53. The first-order chi connectivity index (χ1) is 14.4. The monoisotopic (exact) mass is 451 g/mol. The average molecular weight is 452 g/mol. The minimum absolute atomic E-state index is 0.243. The van der Waals surface area contributed by atoms with Crippen LogP contribution in [0.15, 0.2) is 36.4 Å². The zero-order valence-electron chi connectivity index (χ0n) is 16.5. The molecule has 0 unspecified atom stereocenters. The van der Waals surface area contributed by atoms with Crippen molar-refractivity contribution in [2.75, 3.05) is 25.5 Å². The number of hydrogen-bond donors (Lipinski definition) is 3. The van der Waals surface area contributed by atoms with Crippen molar-refractivity contribution in [1.29, 1.82) is 0 Å². The van der Waals surface area contributed by atoms with Gasteiger partial charge in [0, 0.05) is 24.7 Å². The van der Waals surface area contributed by atoms with E-state index in [0.717, 1.165) is 5.56 Å². The van der Waals surface area contributed by atoms with Gasteiger partial charge in [0.05, 0.1) is 29.5 Å². The van der Waals surface area contributed by atoms with Gasteiger partial charge in [-0.05, 0) is 48.7 Å². The Kier molecular flexibility index (Phi) is 7.42. The summed E-state index contributed by atoms with van der Waals surface area (Å²) >= 11 is 12.2. The van der Waals surface area contributed by atoms with Crippen LogP contribution in [0, 0.1) is 0 Å². The average Bonchev–Trinajstić information content (AvgIpc) is 2.73. The van der Waals surface area contributed by atoms with Gasteiger partial charge in [-0.15, -0.1) is 0 Å². The second kappa shape index (κ2) is 10.0.